The second-order valence-electron chi connectivity index (χ2n) is 3.18. The van der Waals surface area contributed by atoms with Crippen molar-refractivity contribution >= 4 is 56.0 Å². The fourth-order valence-electron chi connectivity index (χ4n) is 1.30. The maximum absolute atomic E-state index is 10.9. The topological polar surface area (TPSA) is 30.2 Å². The molecule has 17 heavy (non-hydrogen) atoms. The van der Waals surface area contributed by atoms with Crippen LogP contribution in [0.4, 0.5) is 0 Å². The van der Waals surface area contributed by atoms with Crippen LogP contribution in [0.2, 0.25) is 10.0 Å². The smallest absolute Gasteiger partial charge is 0.287 e. The molecular formula is C11H4BrCl3O2. The Hall–Kier alpha value is -0.480. The summed E-state index contributed by atoms with van der Waals surface area (Å²) in [6.07, 6.45) is 0. The molecule has 0 bridgehead atoms. The van der Waals surface area contributed by atoms with Crippen LogP contribution in [0.1, 0.15) is 10.6 Å². The number of halogens is 4. The SMILES string of the molecule is O=C(Cl)c1ccc(-c2cc(Cl)c(Br)cc2Cl)o1. The summed E-state index contributed by atoms with van der Waals surface area (Å²) in [7, 11) is 0. The lowest BCUT2D eigenvalue weighted by Crippen LogP contribution is -1.82. The van der Waals surface area contributed by atoms with Gasteiger partial charge in [-0.25, -0.2) is 0 Å². The number of hydrogen-bond acceptors (Lipinski definition) is 2. The van der Waals surface area contributed by atoms with Crippen LogP contribution in [0.15, 0.2) is 33.2 Å². The van der Waals surface area contributed by atoms with Gasteiger partial charge in [-0.05, 0) is 51.8 Å². The van der Waals surface area contributed by atoms with Crippen molar-refractivity contribution in [1.82, 2.24) is 0 Å². The van der Waals surface area contributed by atoms with Gasteiger partial charge < -0.3 is 4.42 Å². The zero-order valence-electron chi connectivity index (χ0n) is 8.14. The van der Waals surface area contributed by atoms with E-state index in [1.807, 2.05) is 0 Å². The van der Waals surface area contributed by atoms with Gasteiger partial charge in [0.15, 0.2) is 5.76 Å². The van der Waals surface area contributed by atoms with Crippen molar-refractivity contribution in [3.8, 4) is 11.3 Å². The molecule has 0 saturated carbocycles. The number of benzene rings is 1. The average Bonchev–Trinajstić information content (AvgIpc) is 2.72. The number of furan rings is 1. The molecule has 0 spiro atoms. The molecule has 1 aromatic carbocycles. The third kappa shape index (κ3) is 2.68. The van der Waals surface area contributed by atoms with Gasteiger partial charge in [-0.3, -0.25) is 4.79 Å². The van der Waals surface area contributed by atoms with Gasteiger partial charge in [-0.2, -0.15) is 0 Å². The molecule has 0 radical (unpaired) electrons. The maximum Gasteiger partial charge on any atom is 0.287 e. The largest absolute Gasteiger partial charge is 0.452 e. The molecule has 0 N–H and O–H groups in total. The summed E-state index contributed by atoms with van der Waals surface area (Å²) in [6, 6.07) is 6.40. The van der Waals surface area contributed by atoms with Gasteiger partial charge in [0.1, 0.15) is 5.76 Å². The van der Waals surface area contributed by atoms with E-state index < -0.39 is 5.24 Å². The normalized spacial score (nSPS) is 10.6. The average molecular weight is 354 g/mol. The predicted molar refractivity (Wildman–Crippen MR) is 72.0 cm³/mol. The Balaban J connectivity index is 2.52. The fourth-order valence-corrected chi connectivity index (χ4v) is 2.30. The second kappa shape index (κ2) is 5.02. The van der Waals surface area contributed by atoms with Gasteiger partial charge in [0, 0.05) is 10.0 Å². The molecule has 0 amide bonds. The lowest BCUT2D eigenvalue weighted by molar-refractivity contribution is 0.105. The molecule has 2 aromatic rings. The summed E-state index contributed by atoms with van der Waals surface area (Å²) in [5, 5.41) is 0.305. The summed E-state index contributed by atoms with van der Waals surface area (Å²) < 4.78 is 5.96. The van der Waals surface area contributed by atoms with Crippen molar-refractivity contribution in [1.29, 1.82) is 0 Å². The first-order valence-corrected chi connectivity index (χ1v) is 6.36. The monoisotopic (exact) mass is 352 g/mol. The van der Waals surface area contributed by atoms with E-state index in [2.05, 4.69) is 15.9 Å². The van der Waals surface area contributed by atoms with Crippen molar-refractivity contribution in [2.75, 3.05) is 0 Å². The summed E-state index contributed by atoms with van der Waals surface area (Å²) in [6.45, 7) is 0. The van der Waals surface area contributed by atoms with Crippen molar-refractivity contribution in [2.24, 2.45) is 0 Å². The van der Waals surface area contributed by atoms with Gasteiger partial charge in [0.2, 0.25) is 0 Å². The van der Waals surface area contributed by atoms with E-state index in [4.69, 9.17) is 39.2 Å². The minimum atomic E-state index is -0.657. The molecule has 0 saturated heterocycles. The van der Waals surface area contributed by atoms with Crippen LogP contribution in [-0.4, -0.2) is 5.24 Å². The van der Waals surface area contributed by atoms with Crippen LogP contribution < -0.4 is 0 Å². The van der Waals surface area contributed by atoms with Crippen LogP contribution in [0.5, 0.6) is 0 Å². The van der Waals surface area contributed by atoms with E-state index >= 15 is 0 Å². The highest BCUT2D eigenvalue weighted by atomic mass is 79.9. The molecule has 1 heterocycles. The molecule has 0 aliphatic rings. The summed E-state index contributed by atoms with van der Waals surface area (Å²) in [5.41, 5.74) is 0.601. The highest BCUT2D eigenvalue weighted by Crippen LogP contribution is 2.36. The Labute approximate surface area is 121 Å². The van der Waals surface area contributed by atoms with Gasteiger partial charge in [0.05, 0.1) is 10.0 Å². The van der Waals surface area contributed by atoms with E-state index in [-0.39, 0.29) is 5.76 Å². The molecule has 0 atom stereocenters. The Kier molecular flexibility index (Phi) is 3.83. The molecule has 6 heteroatoms. The van der Waals surface area contributed by atoms with E-state index in [1.54, 1.807) is 18.2 Å². The van der Waals surface area contributed by atoms with Gasteiger partial charge in [0.25, 0.3) is 5.24 Å². The van der Waals surface area contributed by atoms with Crippen LogP contribution in [0, 0.1) is 0 Å². The summed E-state index contributed by atoms with van der Waals surface area (Å²) >= 11 is 20.6. The first-order chi connectivity index (χ1) is 7.99. The molecule has 88 valence electrons. The minimum Gasteiger partial charge on any atom is -0.452 e. The molecular weight excluding hydrogens is 350 g/mol. The number of rotatable bonds is 2. The maximum atomic E-state index is 10.9. The molecule has 1 aromatic heterocycles. The molecule has 0 fully saturated rings. The molecule has 2 rings (SSSR count). The highest BCUT2D eigenvalue weighted by molar-refractivity contribution is 9.10. The first-order valence-electron chi connectivity index (χ1n) is 4.43. The zero-order chi connectivity index (χ0) is 12.6. The highest BCUT2D eigenvalue weighted by Gasteiger charge is 2.13. The van der Waals surface area contributed by atoms with E-state index in [1.165, 1.54) is 6.07 Å². The Morgan fingerprint density at radius 3 is 2.47 bits per heavy atom. The van der Waals surface area contributed by atoms with E-state index in [0.29, 0.717) is 25.8 Å². The number of hydrogen-bond donors (Lipinski definition) is 0. The van der Waals surface area contributed by atoms with Crippen LogP contribution in [0.3, 0.4) is 0 Å². The summed E-state index contributed by atoms with van der Waals surface area (Å²) in [4.78, 5) is 10.9. The Bertz CT molecular complexity index is 592. The van der Waals surface area contributed by atoms with E-state index in [9.17, 15) is 4.79 Å². The van der Waals surface area contributed by atoms with Crippen molar-refractivity contribution < 1.29 is 9.21 Å². The van der Waals surface area contributed by atoms with Crippen molar-refractivity contribution in [3.05, 3.63) is 44.5 Å². The summed E-state index contributed by atoms with van der Waals surface area (Å²) in [5.74, 6) is 0.505. The van der Waals surface area contributed by atoms with Crippen molar-refractivity contribution in [3.63, 3.8) is 0 Å². The van der Waals surface area contributed by atoms with Gasteiger partial charge in [-0.1, -0.05) is 23.2 Å². The minimum absolute atomic E-state index is 0.0665. The van der Waals surface area contributed by atoms with Gasteiger partial charge in [-0.15, -0.1) is 0 Å². The third-order valence-corrected chi connectivity index (χ3v) is 3.77. The number of carbonyl (C=O) groups is 1. The van der Waals surface area contributed by atoms with Crippen LogP contribution >= 0.6 is 50.7 Å². The quantitative estimate of drug-likeness (QED) is 0.534. The molecule has 0 aliphatic heterocycles. The lowest BCUT2D eigenvalue weighted by atomic mass is 10.2. The van der Waals surface area contributed by atoms with Crippen LogP contribution in [0.25, 0.3) is 11.3 Å². The van der Waals surface area contributed by atoms with Gasteiger partial charge >= 0.3 is 0 Å². The second-order valence-corrected chi connectivity index (χ2v) is 5.20. The predicted octanol–water partition coefficient (Wildman–Crippen LogP) is 5.39. The van der Waals surface area contributed by atoms with Crippen molar-refractivity contribution in [2.45, 2.75) is 0 Å². The van der Waals surface area contributed by atoms with Crippen LogP contribution in [-0.2, 0) is 0 Å². The molecule has 2 nitrogen and oxygen atoms in total. The Morgan fingerprint density at radius 1 is 1.18 bits per heavy atom. The molecule has 0 unspecified atom stereocenters. The lowest BCUT2D eigenvalue weighted by Gasteiger charge is -2.03. The first kappa shape index (κ1) is 13.0. The van der Waals surface area contributed by atoms with E-state index in [0.717, 1.165) is 0 Å². The standard InChI is InChI=1S/C11H4BrCl3O2/c12-6-4-7(13)5(3-8(6)14)9-1-2-10(17-9)11(15)16/h1-4H. The number of carbonyl (C=O) groups excluding carboxylic acids is 1. The third-order valence-electron chi connectivity index (χ3n) is 2.08. The molecule has 0 aliphatic carbocycles. The zero-order valence-corrected chi connectivity index (χ0v) is 12.0. The fraction of sp³-hybridized carbons (Fsp3) is 0. The Morgan fingerprint density at radius 2 is 1.88 bits per heavy atom.